The Labute approximate surface area is 150 Å². The van der Waals surface area contributed by atoms with Gasteiger partial charge in [0.05, 0.1) is 26.1 Å². The van der Waals surface area contributed by atoms with E-state index in [1.165, 1.54) is 0 Å². The van der Waals surface area contributed by atoms with E-state index >= 15 is 0 Å². The highest BCUT2D eigenvalue weighted by molar-refractivity contribution is 5.80. The molecule has 0 radical (unpaired) electrons. The minimum atomic E-state index is 0.123. The van der Waals surface area contributed by atoms with Crippen LogP contribution in [0.3, 0.4) is 0 Å². The van der Waals surface area contributed by atoms with Crippen molar-refractivity contribution in [1.29, 1.82) is 0 Å². The molecular weight excluding hydrogens is 330 g/mol. The average molecular weight is 347 g/mol. The molecule has 2 aromatic carbocycles. The van der Waals surface area contributed by atoms with Crippen LogP contribution in [0.4, 0.5) is 0 Å². The minimum Gasteiger partial charge on any atom is -0.507 e. The molecule has 0 aliphatic heterocycles. The Bertz CT molecular complexity index is 1070. The van der Waals surface area contributed by atoms with Crippen LogP contribution in [-0.2, 0) is 0 Å². The number of hydrogen-bond acceptors (Lipinski definition) is 5. The predicted octanol–water partition coefficient (Wildman–Crippen LogP) is 3.79. The third-order valence-electron chi connectivity index (χ3n) is 4.28. The largest absolute Gasteiger partial charge is 0.507 e. The van der Waals surface area contributed by atoms with E-state index in [1.54, 1.807) is 49.3 Å². The molecule has 6 nitrogen and oxygen atoms in total. The molecule has 0 bridgehead atoms. The fraction of sp³-hybridized carbons (Fsp3) is 0.100. The van der Waals surface area contributed by atoms with Crippen LogP contribution in [-0.4, -0.2) is 33.9 Å². The Morgan fingerprint density at radius 1 is 0.885 bits per heavy atom. The second-order valence-corrected chi connectivity index (χ2v) is 5.74. The molecule has 4 aromatic rings. The number of rotatable bonds is 4. The van der Waals surface area contributed by atoms with Gasteiger partial charge in [0, 0.05) is 23.4 Å². The van der Waals surface area contributed by atoms with Gasteiger partial charge in [-0.15, -0.1) is 0 Å². The van der Waals surface area contributed by atoms with Crippen molar-refractivity contribution < 1.29 is 14.6 Å². The van der Waals surface area contributed by atoms with Gasteiger partial charge in [0.1, 0.15) is 17.2 Å². The number of phenols is 1. The quantitative estimate of drug-likeness (QED) is 0.608. The molecule has 0 spiro atoms. The number of ether oxygens (including phenoxy) is 2. The maximum Gasteiger partial charge on any atom is 0.163 e. The predicted molar refractivity (Wildman–Crippen MR) is 98.6 cm³/mol. The monoisotopic (exact) mass is 347 g/mol. The van der Waals surface area contributed by atoms with E-state index < -0.39 is 0 Å². The number of benzene rings is 2. The van der Waals surface area contributed by atoms with E-state index in [4.69, 9.17) is 9.47 Å². The summed E-state index contributed by atoms with van der Waals surface area (Å²) in [5, 5.41) is 14.8. The lowest BCUT2D eigenvalue weighted by Crippen LogP contribution is -1.96. The van der Waals surface area contributed by atoms with E-state index in [9.17, 15) is 5.11 Å². The lowest BCUT2D eigenvalue weighted by Gasteiger charge is -2.09. The zero-order chi connectivity index (χ0) is 18.1. The second kappa shape index (κ2) is 6.40. The molecule has 0 atom stereocenters. The van der Waals surface area contributed by atoms with Gasteiger partial charge in [0.2, 0.25) is 0 Å². The Hall–Kier alpha value is -3.54. The summed E-state index contributed by atoms with van der Waals surface area (Å²) >= 11 is 0. The van der Waals surface area contributed by atoms with Crippen LogP contribution in [0, 0.1) is 0 Å². The molecule has 0 aliphatic rings. The molecule has 0 saturated heterocycles. The van der Waals surface area contributed by atoms with Gasteiger partial charge in [-0.1, -0.05) is 12.1 Å². The average Bonchev–Trinajstić information content (AvgIpc) is 3.12. The number of hydrogen-bond donors (Lipinski definition) is 1. The topological polar surface area (TPSA) is 68.9 Å². The van der Waals surface area contributed by atoms with Crippen LogP contribution >= 0.6 is 0 Å². The number of fused-ring (bicyclic) bond motifs is 1. The van der Waals surface area contributed by atoms with Crippen molar-refractivity contribution in [2.75, 3.05) is 14.2 Å². The molecule has 0 unspecified atom stereocenters. The van der Waals surface area contributed by atoms with Gasteiger partial charge in [-0.2, -0.15) is 5.10 Å². The number of aromatic hydroxyl groups is 1. The third-order valence-corrected chi connectivity index (χ3v) is 4.28. The standard InChI is InChI=1S/C20H17N3O3/c1-25-14-5-3-13(4-6-14)17-12-22-23-18(9-10-21-20(17)23)16-8-7-15(26-2)11-19(16)24/h3-12,24H,1-2H3. The lowest BCUT2D eigenvalue weighted by atomic mass is 10.1. The van der Waals surface area contributed by atoms with Crippen LogP contribution in [0.2, 0.25) is 0 Å². The van der Waals surface area contributed by atoms with Crippen molar-refractivity contribution in [3.8, 4) is 39.6 Å². The smallest absolute Gasteiger partial charge is 0.163 e. The Balaban J connectivity index is 1.85. The number of nitrogens with zero attached hydrogens (tertiary/aromatic N) is 3. The molecule has 1 N–H and O–H groups in total. The van der Waals surface area contributed by atoms with Gasteiger partial charge in [0.15, 0.2) is 5.65 Å². The van der Waals surface area contributed by atoms with Crippen molar-refractivity contribution in [2.24, 2.45) is 0 Å². The van der Waals surface area contributed by atoms with Gasteiger partial charge in [-0.25, -0.2) is 9.50 Å². The molecule has 4 rings (SSSR count). The van der Waals surface area contributed by atoms with E-state index in [1.807, 2.05) is 30.3 Å². The maximum atomic E-state index is 10.4. The SMILES string of the molecule is COc1ccc(-c2cnn3c(-c4ccc(OC)cc4O)ccnc23)cc1. The van der Waals surface area contributed by atoms with Crippen LogP contribution in [0.5, 0.6) is 17.2 Å². The summed E-state index contributed by atoms with van der Waals surface area (Å²) in [6.45, 7) is 0. The first kappa shape index (κ1) is 16.0. The van der Waals surface area contributed by atoms with Crippen molar-refractivity contribution >= 4 is 5.65 Å². The highest BCUT2D eigenvalue weighted by Crippen LogP contribution is 2.34. The van der Waals surface area contributed by atoms with E-state index in [0.29, 0.717) is 17.0 Å². The molecule has 0 saturated carbocycles. The van der Waals surface area contributed by atoms with Crippen molar-refractivity contribution in [2.45, 2.75) is 0 Å². The molecule has 0 amide bonds. The molecule has 6 heteroatoms. The molecule has 0 fully saturated rings. The summed E-state index contributed by atoms with van der Waals surface area (Å²) in [5.74, 6) is 1.51. The summed E-state index contributed by atoms with van der Waals surface area (Å²) in [7, 11) is 3.20. The number of methoxy groups -OCH3 is 2. The molecule has 2 aromatic heterocycles. The highest BCUT2D eigenvalue weighted by atomic mass is 16.5. The molecule has 0 aliphatic carbocycles. The van der Waals surface area contributed by atoms with E-state index in [-0.39, 0.29) is 5.75 Å². The lowest BCUT2D eigenvalue weighted by molar-refractivity contribution is 0.408. The van der Waals surface area contributed by atoms with Crippen molar-refractivity contribution in [3.63, 3.8) is 0 Å². The van der Waals surface area contributed by atoms with Crippen LogP contribution in [0.15, 0.2) is 60.9 Å². The summed E-state index contributed by atoms with van der Waals surface area (Å²) in [5.41, 5.74) is 4.01. The van der Waals surface area contributed by atoms with Gasteiger partial charge in [-0.05, 0) is 35.9 Å². The van der Waals surface area contributed by atoms with E-state index in [0.717, 1.165) is 22.6 Å². The summed E-state index contributed by atoms with van der Waals surface area (Å²) in [4.78, 5) is 4.47. The molecule has 130 valence electrons. The van der Waals surface area contributed by atoms with Crippen LogP contribution < -0.4 is 9.47 Å². The van der Waals surface area contributed by atoms with Crippen LogP contribution in [0.1, 0.15) is 0 Å². The fourth-order valence-corrected chi connectivity index (χ4v) is 2.92. The van der Waals surface area contributed by atoms with Crippen molar-refractivity contribution in [3.05, 3.63) is 60.9 Å². The van der Waals surface area contributed by atoms with Crippen LogP contribution in [0.25, 0.3) is 28.0 Å². The maximum absolute atomic E-state index is 10.4. The minimum absolute atomic E-state index is 0.123. The van der Waals surface area contributed by atoms with E-state index in [2.05, 4.69) is 10.1 Å². The molecule has 2 heterocycles. The van der Waals surface area contributed by atoms with Crippen molar-refractivity contribution in [1.82, 2.24) is 14.6 Å². The summed E-state index contributed by atoms with van der Waals surface area (Å²) in [6.07, 6.45) is 3.48. The van der Waals surface area contributed by atoms with Gasteiger partial charge >= 0.3 is 0 Å². The first-order valence-electron chi connectivity index (χ1n) is 8.06. The zero-order valence-electron chi connectivity index (χ0n) is 14.4. The summed E-state index contributed by atoms with van der Waals surface area (Å²) < 4.78 is 12.1. The third kappa shape index (κ3) is 2.61. The fourth-order valence-electron chi connectivity index (χ4n) is 2.92. The normalized spacial score (nSPS) is 10.8. The first-order chi connectivity index (χ1) is 12.7. The van der Waals surface area contributed by atoms with Gasteiger partial charge < -0.3 is 14.6 Å². The van der Waals surface area contributed by atoms with Gasteiger partial charge in [-0.3, -0.25) is 0 Å². The number of aromatic nitrogens is 3. The Morgan fingerprint density at radius 3 is 2.31 bits per heavy atom. The number of phenolic OH excluding ortho intramolecular Hbond substituents is 1. The first-order valence-corrected chi connectivity index (χ1v) is 8.06. The highest BCUT2D eigenvalue weighted by Gasteiger charge is 2.14. The molecule has 26 heavy (non-hydrogen) atoms. The molecular formula is C20H17N3O3. The summed E-state index contributed by atoms with van der Waals surface area (Å²) in [6, 6.07) is 14.7. The zero-order valence-corrected chi connectivity index (χ0v) is 14.4. The Morgan fingerprint density at radius 2 is 1.62 bits per heavy atom. The van der Waals surface area contributed by atoms with Gasteiger partial charge in [0.25, 0.3) is 0 Å². The Kier molecular flexibility index (Phi) is 3.93. The second-order valence-electron chi connectivity index (χ2n) is 5.74.